The van der Waals surface area contributed by atoms with Crippen molar-refractivity contribution >= 4 is 19.4 Å². The van der Waals surface area contributed by atoms with E-state index in [4.69, 9.17) is 0 Å². The average Bonchev–Trinajstić information content (AvgIpc) is 2.60. The third-order valence-electron chi connectivity index (χ3n) is 4.51. The number of hydrogen-bond acceptors (Lipinski definition) is 2. The number of carbonyl (C=O) groups is 1. The normalized spacial score (nSPS) is 12.7. The van der Waals surface area contributed by atoms with Gasteiger partial charge in [-0.25, -0.2) is 4.79 Å². The molecule has 0 unspecified atom stereocenters. The fourth-order valence-corrected chi connectivity index (χ4v) is 10.6. The van der Waals surface area contributed by atoms with Crippen molar-refractivity contribution in [3.63, 3.8) is 0 Å². The van der Waals surface area contributed by atoms with Gasteiger partial charge in [-0.2, -0.15) is 5.10 Å². The fourth-order valence-electron chi connectivity index (χ4n) is 3.89. The molecule has 0 aromatic carbocycles. The Hall–Kier alpha value is -1.10. The first-order valence-corrected chi connectivity index (χ1v) is 9.19. The Morgan fingerprint density at radius 2 is 1.53 bits per heavy atom. The predicted octanol–water partition coefficient (Wildman–Crippen LogP) is 3.30. The lowest BCUT2D eigenvalue weighted by atomic mass is 10.3. The molecule has 0 atom stereocenters. The number of hydrogen-bond donors (Lipinski definition) is 2. The zero-order valence-electron chi connectivity index (χ0n) is 13.0. The maximum atomic E-state index is 11.2. The van der Waals surface area contributed by atoms with Crippen LogP contribution in [-0.2, 0) is 0 Å². The number of aromatic amines is 1. The van der Waals surface area contributed by atoms with Crippen molar-refractivity contribution in [2.24, 2.45) is 0 Å². The summed E-state index contributed by atoms with van der Waals surface area (Å²) in [6, 6.07) is 0. The standard InChI is InChI=1S/C14H26N2O2Si/c1-8(2)19(9(3)4,10(5)6)13-11(7)12(14(17)18)15-16-13/h8-10H,1-7H3,(H,15,16)(H,17,18). The molecule has 0 fully saturated rings. The van der Waals surface area contributed by atoms with E-state index in [1.165, 1.54) is 0 Å². The number of carboxylic acids is 1. The summed E-state index contributed by atoms with van der Waals surface area (Å²) in [6.07, 6.45) is 0. The van der Waals surface area contributed by atoms with Crippen molar-refractivity contribution < 1.29 is 9.90 Å². The highest BCUT2D eigenvalue weighted by Gasteiger charge is 2.47. The SMILES string of the molecule is Cc1c(C(=O)O)n[nH]c1[Si](C(C)C)(C(C)C)C(C)C. The summed E-state index contributed by atoms with van der Waals surface area (Å²) in [7, 11) is -1.85. The molecule has 0 amide bonds. The van der Waals surface area contributed by atoms with Gasteiger partial charge in [0.2, 0.25) is 0 Å². The maximum Gasteiger partial charge on any atom is 0.356 e. The molecule has 0 saturated heterocycles. The van der Waals surface area contributed by atoms with Crippen molar-refractivity contribution in [2.45, 2.75) is 65.1 Å². The van der Waals surface area contributed by atoms with Gasteiger partial charge in [-0.3, -0.25) is 5.10 Å². The molecule has 1 aromatic rings. The zero-order chi connectivity index (χ0) is 15.0. The summed E-state index contributed by atoms with van der Waals surface area (Å²) in [5.74, 6) is -0.945. The van der Waals surface area contributed by atoms with Gasteiger partial charge in [0.25, 0.3) is 0 Å². The number of nitrogens with one attached hydrogen (secondary N) is 1. The molecular weight excluding hydrogens is 256 g/mol. The van der Waals surface area contributed by atoms with Gasteiger partial charge in [0.1, 0.15) is 8.07 Å². The van der Waals surface area contributed by atoms with Crippen molar-refractivity contribution in [3.05, 3.63) is 11.3 Å². The Balaban J connectivity index is 3.54. The molecule has 4 nitrogen and oxygen atoms in total. The largest absolute Gasteiger partial charge is 0.476 e. The first-order chi connectivity index (χ1) is 8.67. The highest BCUT2D eigenvalue weighted by molar-refractivity contribution is 6.94. The van der Waals surface area contributed by atoms with E-state index in [0.29, 0.717) is 16.6 Å². The van der Waals surface area contributed by atoms with Gasteiger partial charge in [-0.1, -0.05) is 41.5 Å². The number of rotatable bonds is 5. The average molecular weight is 282 g/mol. The molecule has 5 heteroatoms. The third kappa shape index (κ3) is 2.36. The third-order valence-corrected chi connectivity index (χ3v) is 11.6. The monoisotopic (exact) mass is 282 g/mol. The van der Waals surface area contributed by atoms with Gasteiger partial charge in [0.05, 0.1) is 0 Å². The molecule has 1 aromatic heterocycles. The molecule has 108 valence electrons. The maximum absolute atomic E-state index is 11.2. The molecule has 2 N–H and O–H groups in total. The molecule has 0 bridgehead atoms. The summed E-state index contributed by atoms with van der Waals surface area (Å²) >= 11 is 0. The van der Waals surface area contributed by atoms with Crippen LogP contribution in [0.2, 0.25) is 16.6 Å². The predicted molar refractivity (Wildman–Crippen MR) is 81.0 cm³/mol. The van der Waals surface area contributed by atoms with Crippen molar-refractivity contribution in [1.29, 1.82) is 0 Å². The van der Waals surface area contributed by atoms with Crippen molar-refractivity contribution in [3.8, 4) is 0 Å². The van der Waals surface area contributed by atoms with Gasteiger partial charge >= 0.3 is 5.97 Å². The first kappa shape index (κ1) is 16.0. The summed E-state index contributed by atoms with van der Waals surface area (Å²) in [5.41, 5.74) is 2.61. The second-order valence-corrected chi connectivity index (χ2v) is 12.1. The second kappa shape index (κ2) is 5.49. The van der Waals surface area contributed by atoms with Crippen LogP contribution >= 0.6 is 0 Å². The molecule has 0 aliphatic heterocycles. The molecule has 1 rings (SSSR count). The molecule has 1 heterocycles. The number of aromatic carboxylic acids is 1. The minimum Gasteiger partial charge on any atom is -0.476 e. The van der Waals surface area contributed by atoms with Crippen LogP contribution < -0.4 is 5.32 Å². The molecule has 0 aliphatic carbocycles. The van der Waals surface area contributed by atoms with E-state index in [1.54, 1.807) is 0 Å². The fraction of sp³-hybridized carbons (Fsp3) is 0.714. The van der Waals surface area contributed by atoms with E-state index >= 15 is 0 Å². The minimum absolute atomic E-state index is 0.175. The Bertz CT molecular complexity index is 442. The highest BCUT2D eigenvalue weighted by Crippen LogP contribution is 2.41. The van der Waals surface area contributed by atoms with Gasteiger partial charge in [0.15, 0.2) is 5.69 Å². The number of carboxylic acid groups (broad SMARTS) is 1. The van der Waals surface area contributed by atoms with Crippen molar-refractivity contribution in [2.75, 3.05) is 0 Å². The number of H-pyrrole nitrogens is 1. The van der Waals surface area contributed by atoms with E-state index in [2.05, 4.69) is 51.7 Å². The lowest BCUT2D eigenvalue weighted by Crippen LogP contribution is -2.57. The van der Waals surface area contributed by atoms with Crippen LogP contribution in [0.15, 0.2) is 0 Å². The Morgan fingerprint density at radius 3 is 1.79 bits per heavy atom. The lowest BCUT2D eigenvalue weighted by molar-refractivity contribution is 0.0689. The second-order valence-electron chi connectivity index (χ2n) is 6.27. The molecule has 0 saturated carbocycles. The summed E-state index contributed by atoms with van der Waals surface area (Å²) in [5, 5.41) is 17.4. The molecular formula is C14H26N2O2Si. The summed E-state index contributed by atoms with van der Waals surface area (Å²) in [4.78, 5) is 11.2. The molecule has 0 spiro atoms. The lowest BCUT2D eigenvalue weighted by Gasteiger charge is -2.42. The smallest absolute Gasteiger partial charge is 0.356 e. The van der Waals surface area contributed by atoms with E-state index in [9.17, 15) is 9.90 Å². The highest BCUT2D eigenvalue weighted by atomic mass is 28.3. The van der Waals surface area contributed by atoms with Gasteiger partial charge in [0, 0.05) is 10.9 Å². The molecule has 0 radical (unpaired) electrons. The van der Waals surface area contributed by atoms with E-state index in [-0.39, 0.29) is 5.69 Å². The van der Waals surface area contributed by atoms with Crippen LogP contribution in [-0.4, -0.2) is 29.3 Å². The number of aromatic nitrogens is 2. The Morgan fingerprint density at radius 1 is 1.11 bits per heavy atom. The number of nitrogens with zero attached hydrogens (tertiary/aromatic N) is 1. The van der Waals surface area contributed by atoms with Crippen LogP contribution in [0.5, 0.6) is 0 Å². The molecule has 0 aliphatic rings. The van der Waals surface area contributed by atoms with Gasteiger partial charge in [-0.05, 0) is 23.5 Å². The van der Waals surface area contributed by atoms with Crippen LogP contribution in [0.25, 0.3) is 0 Å². The first-order valence-electron chi connectivity index (χ1n) is 6.96. The Kier molecular flexibility index (Phi) is 4.61. The summed E-state index contributed by atoms with van der Waals surface area (Å²) < 4.78 is 0. The van der Waals surface area contributed by atoms with Crippen LogP contribution in [0, 0.1) is 6.92 Å². The Labute approximate surface area is 116 Å². The van der Waals surface area contributed by atoms with Gasteiger partial charge in [-0.15, -0.1) is 0 Å². The minimum atomic E-state index is -1.85. The van der Waals surface area contributed by atoms with Crippen LogP contribution in [0.1, 0.15) is 57.6 Å². The quantitative estimate of drug-likeness (QED) is 0.814. The van der Waals surface area contributed by atoms with Crippen molar-refractivity contribution in [1.82, 2.24) is 10.2 Å². The summed E-state index contributed by atoms with van der Waals surface area (Å²) in [6.45, 7) is 15.4. The topological polar surface area (TPSA) is 66.0 Å². The zero-order valence-corrected chi connectivity index (χ0v) is 14.0. The van der Waals surface area contributed by atoms with E-state index in [0.717, 1.165) is 10.9 Å². The van der Waals surface area contributed by atoms with Crippen LogP contribution in [0.3, 0.4) is 0 Å². The molecule has 19 heavy (non-hydrogen) atoms. The van der Waals surface area contributed by atoms with E-state index in [1.807, 2.05) is 6.92 Å². The van der Waals surface area contributed by atoms with E-state index < -0.39 is 14.0 Å². The van der Waals surface area contributed by atoms with Gasteiger partial charge < -0.3 is 5.11 Å². The van der Waals surface area contributed by atoms with Crippen LogP contribution in [0.4, 0.5) is 0 Å².